The molecule has 162 valence electrons. The van der Waals surface area contributed by atoms with E-state index in [1.807, 2.05) is 54.6 Å². The number of anilines is 1. The van der Waals surface area contributed by atoms with Gasteiger partial charge in [-0.25, -0.2) is 0 Å². The van der Waals surface area contributed by atoms with Gasteiger partial charge in [-0.15, -0.1) is 0 Å². The predicted octanol–water partition coefficient (Wildman–Crippen LogP) is 4.85. The first-order valence-corrected chi connectivity index (χ1v) is 10.5. The van der Waals surface area contributed by atoms with Crippen LogP contribution in [0.4, 0.5) is 11.5 Å². The highest BCUT2D eigenvalue weighted by Crippen LogP contribution is 2.33. The molecule has 2 aromatic carbocycles. The Balaban J connectivity index is 1.58. The molecule has 0 spiro atoms. The number of rotatable bonds is 7. The number of carbonyl (C=O) groups is 1. The molecule has 2 aromatic heterocycles. The number of nitrogens with zero attached hydrogens (tertiary/aromatic N) is 4. The molecule has 9 nitrogen and oxygen atoms in total. The zero-order valence-corrected chi connectivity index (χ0v) is 18.1. The average molecular weight is 449 g/mol. The van der Waals surface area contributed by atoms with E-state index in [0.717, 1.165) is 9.79 Å². The first-order valence-electron chi connectivity index (χ1n) is 9.69. The largest absolute Gasteiger partial charge is 0.390 e. The van der Waals surface area contributed by atoms with Gasteiger partial charge in [-0.05, 0) is 43.0 Å². The minimum absolute atomic E-state index is 0.111. The molecule has 4 aromatic rings. The second-order valence-electron chi connectivity index (χ2n) is 6.99. The van der Waals surface area contributed by atoms with Gasteiger partial charge in [0.25, 0.3) is 5.91 Å². The summed E-state index contributed by atoms with van der Waals surface area (Å²) in [6.07, 6.45) is 0. The van der Waals surface area contributed by atoms with Crippen molar-refractivity contribution < 1.29 is 14.2 Å². The average Bonchev–Trinajstić information content (AvgIpc) is 3.33. The van der Waals surface area contributed by atoms with Gasteiger partial charge in [0.2, 0.25) is 0 Å². The standard InChI is InChI=1S/C22H19N5O4S/c1-14-12-20(27(29)30)24-26(14)13-17-15(2)31-25-21(17)22(28)23-18-10-6-7-11-19(18)32-16-8-4-3-5-9-16/h3-12H,13H2,1-2H3,(H,23,28). The summed E-state index contributed by atoms with van der Waals surface area (Å²) in [4.78, 5) is 25.4. The minimum atomic E-state index is -0.557. The van der Waals surface area contributed by atoms with Gasteiger partial charge in [0.05, 0.1) is 34.7 Å². The molecule has 0 bridgehead atoms. The zero-order chi connectivity index (χ0) is 22.7. The number of aromatic nitrogens is 3. The quantitative estimate of drug-likeness (QED) is 0.317. The first-order chi connectivity index (χ1) is 15.4. The number of para-hydroxylation sites is 1. The summed E-state index contributed by atoms with van der Waals surface area (Å²) in [5.74, 6) is -0.244. The van der Waals surface area contributed by atoms with Crippen LogP contribution in [-0.2, 0) is 6.54 Å². The van der Waals surface area contributed by atoms with Gasteiger partial charge in [0.1, 0.15) is 5.76 Å². The summed E-state index contributed by atoms with van der Waals surface area (Å²) in [6, 6.07) is 18.7. The van der Waals surface area contributed by atoms with E-state index in [1.165, 1.54) is 22.5 Å². The fraction of sp³-hybridized carbons (Fsp3) is 0.136. The Labute approximate surface area is 187 Å². The van der Waals surface area contributed by atoms with Crippen LogP contribution in [0.3, 0.4) is 0 Å². The van der Waals surface area contributed by atoms with Crippen LogP contribution in [-0.4, -0.2) is 25.8 Å². The number of hydrogen-bond acceptors (Lipinski definition) is 7. The third-order valence-electron chi connectivity index (χ3n) is 4.77. The Morgan fingerprint density at radius 2 is 1.88 bits per heavy atom. The summed E-state index contributed by atoms with van der Waals surface area (Å²) < 4.78 is 6.71. The number of hydrogen-bond donors (Lipinski definition) is 1. The van der Waals surface area contributed by atoms with Crippen molar-refractivity contribution in [2.75, 3.05) is 5.32 Å². The van der Waals surface area contributed by atoms with E-state index >= 15 is 0 Å². The fourth-order valence-corrected chi connectivity index (χ4v) is 4.03. The lowest BCUT2D eigenvalue weighted by Crippen LogP contribution is -2.17. The van der Waals surface area contributed by atoms with Gasteiger partial charge in [-0.1, -0.05) is 47.3 Å². The van der Waals surface area contributed by atoms with E-state index in [-0.39, 0.29) is 18.1 Å². The monoisotopic (exact) mass is 449 g/mol. The van der Waals surface area contributed by atoms with Crippen molar-refractivity contribution in [3.8, 4) is 0 Å². The zero-order valence-electron chi connectivity index (χ0n) is 17.3. The molecule has 0 unspecified atom stereocenters. The second-order valence-corrected chi connectivity index (χ2v) is 8.11. The van der Waals surface area contributed by atoms with E-state index in [4.69, 9.17) is 4.52 Å². The third kappa shape index (κ3) is 4.54. The third-order valence-corrected chi connectivity index (χ3v) is 5.85. The SMILES string of the molecule is Cc1onc(C(=O)Nc2ccccc2Sc2ccccc2)c1Cn1nc([N+](=O)[O-])cc1C. The van der Waals surface area contributed by atoms with Crippen molar-refractivity contribution in [3.05, 3.63) is 93.5 Å². The fourth-order valence-electron chi connectivity index (χ4n) is 3.10. The van der Waals surface area contributed by atoms with Gasteiger partial charge >= 0.3 is 5.82 Å². The molecule has 0 saturated carbocycles. The summed E-state index contributed by atoms with van der Waals surface area (Å²) in [5, 5.41) is 21.8. The lowest BCUT2D eigenvalue weighted by atomic mass is 10.1. The molecule has 0 aliphatic rings. The summed E-state index contributed by atoms with van der Waals surface area (Å²) in [5.41, 5.74) is 1.86. The number of benzene rings is 2. The maximum absolute atomic E-state index is 13.1. The highest BCUT2D eigenvalue weighted by Gasteiger charge is 2.24. The highest BCUT2D eigenvalue weighted by atomic mass is 32.2. The van der Waals surface area contributed by atoms with Gasteiger partial charge < -0.3 is 20.0 Å². The lowest BCUT2D eigenvalue weighted by Gasteiger charge is -2.10. The van der Waals surface area contributed by atoms with Gasteiger partial charge in [-0.3, -0.25) is 4.79 Å². The Hall–Kier alpha value is -3.92. The van der Waals surface area contributed by atoms with Crippen LogP contribution in [0.25, 0.3) is 0 Å². The normalized spacial score (nSPS) is 10.8. The summed E-state index contributed by atoms with van der Waals surface area (Å²) in [7, 11) is 0. The maximum atomic E-state index is 13.1. The molecule has 0 aliphatic heterocycles. The molecule has 1 N–H and O–H groups in total. The van der Waals surface area contributed by atoms with Crippen LogP contribution in [0.5, 0.6) is 0 Å². The predicted molar refractivity (Wildman–Crippen MR) is 119 cm³/mol. The second kappa shape index (κ2) is 9.06. The molecule has 32 heavy (non-hydrogen) atoms. The summed E-state index contributed by atoms with van der Waals surface area (Å²) in [6.45, 7) is 3.52. The van der Waals surface area contributed by atoms with Crippen molar-refractivity contribution >= 4 is 29.2 Å². The van der Waals surface area contributed by atoms with Crippen LogP contribution in [0.2, 0.25) is 0 Å². The van der Waals surface area contributed by atoms with E-state index in [1.54, 1.807) is 13.8 Å². The number of amides is 1. The first kappa shape index (κ1) is 21.3. The molecular formula is C22H19N5O4S. The molecule has 0 saturated heterocycles. The van der Waals surface area contributed by atoms with Gasteiger partial charge in [0, 0.05) is 9.79 Å². The van der Waals surface area contributed by atoms with Crippen molar-refractivity contribution in [1.82, 2.24) is 14.9 Å². The van der Waals surface area contributed by atoms with E-state index in [9.17, 15) is 14.9 Å². The van der Waals surface area contributed by atoms with Crippen LogP contribution < -0.4 is 5.32 Å². The number of nitrogens with one attached hydrogen (secondary N) is 1. The molecule has 0 atom stereocenters. The van der Waals surface area contributed by atoms with E-state index < -0.39 is 10.8 Å². The Kier molecular flexibility index (Phi) is 6.04. The highest BCUT2D eigenvalue weighted by molar-refractivity contribution is 7.99. The number of nitro groups is 1. The van der Waals surface area contributed by atoms with Gasteiger partial charge in [0.15, 0.2) is 5.69 Å². The van der Waals surface area contributed by atoms with Crippen molar-refractivity contribution in [2.24, 2.45) is 0 Å². The van der Waals surface area contributed by atoms with Gasteiger partial charge in [-0.2, -0.15) is 4.68 Å². The number of aryl methyl sites for hydroxylation is 2. The smallest absolute Gasteiger partial charge is 0.361 e. The molecule has 10 heteroatoms. The Morgan fingerprint density at radius 3 is 2.59 bits per heavy atom. The van der Waals surface area contributed by atoms with Crippen LogP contribution >= 0.6 is 11.8 Å². The van der Waals surface area contributed by atoms with E-state index in [2.05, 4.69) is 15.6 Å². The lowest BCUT2D eigenvalue weighted by molar-refractivity contribution is -0.389. The van der Waals surface area contributed by atoms with Crippen LogP contribution in [0.15, 0.2) is 75.0 Å². The minimum Gasteiger partial charge on any atom is -0.361 e. The van der Waals surface area contributed by atoms with Crippen molar-refractivity contribution in [2.45, 2.75) is 30.2 Å². The molecule has 4 rings (SSSR count). The maximum Gasteiger partial charge on any atom is 0.390 e. The molecule has 2 heterocycles. The Morgan fingerprint density at radius 1 is 1.16 bits per heavy atom. The van der Waals surface area contributed by atoms with Crippen LogP contribution in [0.1, 0.15) is 27.5 Å². The molecule has 1 amide bonds. The summed E-state index contributed by atoms with van der Waals surface area (Å²) >= 11 is 1.53. The van der Waals surface area contributed by atoms with E-state index in [0.29, 0.717) is 22.7 Å². The van der Waals surface area contributed by atoms with Crippen molar-refractivity contribution in [3.63, 3.8) is 0 Å². The molecular weight excluding hydrogens is 430 g/mol. The molecule has 0 fully saturated rings. The van der Waals surface area contributed by atoms with Crippen molar-refractivity contribution in [1.29, 1.82) is 0 Å². The van der Waals surface area contributed by atoms with Crippen LogP contribution in [0, 0.1) is 24.0 Å². The topological polar surface area (TPSA) is 116 Å². The Bertz CT molecular complexity index is 1280. The number of carbonyl (C=O) groups excluding carboxylic acids is 1. The molecule has 0 aliphatic carbocycles. The molecule has 0 radical (unpaired) electrons.